The third-order valence-electron chi connectivity index (χ3n) is 3.44. The molecule has 2 N–H and O–H groups in total. The lowest BCUT2D eigenvalue weighted by atomic mass is 10.2. The fourth-order valence-corrected chi connectivity index (χ4v) is 2.59. The number of methoxy groups -OCH3 is 1. The van der Waals surface area contributed by atoms with Crippen molar-refractivity contribution in [2.24, 2.45) is 0 Å². The molecule has 2 aromatic rings. The second-order valence-electron chi connectivity index (χ2n) is 5.27. The van der Waals surface area contributed by atoms with Crippen molar-refractivity contribution in [3.63, 3.8) is 0 Å². The number of carbonyl (C=O) groups is 1. The van der Waals surface area contributed by atoms with E-state index in [0.717, 1.165) is 27.2 Å². The molecule has 0 saturated heterocycles. The van der Waals surface area contributed by atoms with Gasteiger partial charge in [-0.3, -0.25) is 4.79 Å². The highest BCUT2D eigenvalue weighted by Crippen LogP contribution is 2.19. The minimum Gasteiger partial charge on any atom is -0.497 e. The van der Waals surface area contributed by atoms with Gasteiger partial charge < -0.3 is 20.1 Å². The summed E-state index contributed by atoms with van der Waals surface area (Å²) < 4.78 is 11.0. The number of nitrogens with zero attached hydrogens (tertiary/aromatic N) is 1. The van der Waals surface area contributed by atoms with Crippen LogP contribution in [0.15, 0.2) is 41.0 Å². The van der Waals surface area contributed by atoms with E-state index in [1.54, 1.807) is 20.2 Å². The van der Waals surface area contributed by atoms with Gasteiger partial charge in [-0.05, 0) is 46.6 Å². The second kappa shape index (κ2) is 10.0. The third-order valence-corrected chi connectivity index (χ3v) is 3.88. The summed E-state index contributed by atoms with van der Waals surface area (Å²) in [5, 5.41) is 6.40. The molecule has 6 nitrogen and oxygen atoms in total. The number of hydrogen-bond donors (Lipinski definition) is 2. The highest BCUT2D eigenvalue weighted by atomic mass is 79.9. The number of rotatable bonds is 9. The Balaban J connectivity index is 1.95. The van der Waals surface area contributed by atoms with Crippen molar-refractivity contribution in [1.29, 1.82) is 0 Å². The average molecular weight is 408 g/mol. The predicted octanol–water partition coefficient (Wildman–Crippen LogP) is 3.12. The lowest BCUT2D eigenvalue weighted by Crippen LogP contribution is -2.24. The fraction of sp³-hybridized carbons (Fsp3) is 0.333. The molecule has 1 aromatic carbocycles. The molecule has 0 radical (unpaired) electrons. The zero-order chi connectivity index (χ0) is 18.1. The van der Waals surface area contributed by atoms with Gasteiger partial charge in [-0.25, -0.2) is 4.98 Å². The van der Waals surface area contributed by atoms with Gasteiger partial charge in [0.25, 0.3) is 0 Å². The number of hydrogen-bond acceptors (Lipinski definition) is 6. The van der Waals surface area contributed by atoms with E-state index in [1.165, 1.54) is 0 Å². The van der Waals surface area contributed by atoms with E-state index in [9.17, 15) is 4.79 Å². The summed E-state index contributed by atoms with van der Waals surface area (Å²) in [6, 6.07) is 9.83. The molecule has 7 heteroatoms. The topological polar surface area (TPSA) is 72.5 Å². The van der Waals surface area contributed by atoms with Crippen LogP contribution in [0.3, 0.4) is 0 Å². The van der Waals surface area contributed by atoms with E-state index in [4.69, 9.17) is 9.47 Å². The van der Waals surface area contributed by atoms with Crippen LogP contribution < -0.4 is 15.4 Å². The van der Waals surface area contributed by atoms with E-state index in [2.05, 4.69) is 31.5 Å². The van der Waals surface area contributed by atoms with Gasteiger partial charge in [-0.2, -0.15) is 0 Å². The van der Waals surface area contributed by atoms with Gasteiger partial charge in [0.1, 0.15) is 11.6 Å². The minimum atomic E-state index is -0.266. The maximum Gasteiger partial charge on any atom is 0.319 e. The molecule has 2 rings (SSSR count). The molecule has 0 aliphatic heterocycles. The molecule has 134 valence electrons. The first-order valence-electron chi connectivity index (χ1n) is 8.00. The monoisotopic (exact) mass is 407 g/mol. The molecule has 0 spiro atoms. The average Bonchev–Trinajstić information content (AvgIpc) is 2.62. The number of pyridine rings is 1. The summed E-state index contributed by atoms with van der Waals surface area (Å²) in [5.74, 6) is 1.34. The van der Waals surface area contributed by atoms with Gasteiger partial charge in [0.05, 0.1) is 20.3 Å². The summed E-state index contributed by atoms with van der Waals surface area (Å²) in [6.07, 6.45) is 1.74. The summed E-state index contributed by atoms with van der Waals surface area (Å²) in [7, 11) is 1.65. The second-order valence-corrected chi connectivity index (χ2v) is 6.19. The van der Waals surface area contributed by atoms with Gasteiger partial charge in [0.15, 0.2) is 0 Å². The number of halogens is 1. The summed E-state index contributed by atoms with van der Waals surface area (Å²) in [6.45, 7) is 3.49. The van der Waals surface area contributed by atoms with E-state index < -0.39 is 0 Å². The van der Waals surface area contributed by atoms with Crippen molar-refractivity contribution >= 4 is 27.7 Å². The highest BCUT2D eigenvalue weighted by molar-refractivity contribution is 9.10. The number of ether oxygens (including phenoxy) is 2. The van der Waals surface area contributed by atoms with Gasteiger partial charge in [0, 0.05) is 29.3 Å². The Morgan fingerprint density at radius 2 is 2.00 bits per heavy atom. The van der Waals surface area contributed by atoms with Crippen LogP contribution in [0, 0.1) is 0 Å². The fourth-order valence-electron chi connectivity index (χ4n) is 2.22. The smallest absolute Gasteiger partial charge is 0.319 e. The Kier molecular flexibility index (Phi) is 7.69. The third kappa shape index (κ3) is 6.36. The zero-order valence-corrected chi connectivity index (χ0v) is 15.9. The maximum atomic E-state index is 11.4. The summed E-state index contributed by atoms with van der Waals surface area (Å²) in [4.78, 5) is 15.8. The molecule has 0 aliphatic rings. The van der Waals surface area contributed by atoms with Crippen molar-refractivity contribution in [1.82, 2.24) is 10.3 Å². The first kappa shape index (κ1) is 19.2. The predicted molar refractivity (Wildman–Crippen MR) is 101 cm³/mol. The molecule has 0 bridgehead atoms. The Morgan fingerprint density at radius 1 is 1.24 bits per heavy atom. The largest absolute Gasteiger partial charge is 0.497 e. The molecule has 0 saturated carbocycles. The maximum absolute atomic E-state index is 11.4. The Labute approximate surface area is 156 Å². The molecular formula is C18H22BrN3O3. The van der Waals surface area contributed by atoms with Crippen molar-refractivity contribution in [3.8, 4) is 5.75 Å². The summed E-state index contributed by atoms with van der Waals surface area (Å²) in [5.41, 5.74) is 2.09. The Hall–Kier alpha value is -2.12. The van der Waals surface area contributed by atoms with E-state index in [1.807, 2.05) is 30.3 Å². The van der Waals surface area contributed by atoms with Crippen molar-refractivity contribution in [3.05, 3.63) is 52.1 Å². The van der Waals surface area contributed by atoms with E-state index in [-0.39, 0.29) is 12.5 Å². The Bertz CT molecular complexity index is 692. The van der Waals surface area contributed by atoms with Crippen LogP contribution in [0.5, 0.6) is 5.75 Å². The molecular weight excluding hydrogens is 386 g/mol. The van der Waals surface area contributed by atoms with Crippen LogP contribution >= 0.6 is 15.9 Å². The number of aromatic nitrogens is 1. The molecule has 0 amide bonds. The molecule has 0 atom stereocenters. The SMILES string of the molecule is CCOC(=O)CNCc1cc(Br)cnc1NCc1ccc(OC)cc1. The molecule has 0 fully saturated rings. The highest BCUT2D eigenvalue weighted by Gasteiger charge is 2.07. The molecule has 25 heavy (non-hydrogen) atoms. The van der Waals surface area contributed by atoms with Crippen molar-refractivity contribution in [2.45, 2.75) is 20.0 Å². The number of benzene rings is 1. The summed E-state index contributed by atoms with van der Waals surface area (Å²) >= 11 is 3.43. The van der Waals surface area contributed by atoms with Crippen LogP contribution in [0.2, 0.25) is 0 Å². The quantitative estimate of drug-likeness (QED) is 0.622. The minimum absolute atomic E-state index is 0.165. The van der Waals surface area contributed by atoms with E-state index >= 15 is 0 Å². The molecule has 1 aromatic heterocycles. The first-order chi connectivity index (χ1) is 12.1. The van der Waals surface area contributed by atoms with Crippen molar-refractivity contribution in [2.75, 3.05) is 25.6 Å². The number of nitrogens with one attached hydrogen (secondary N) is 2. The molecule has 0 unspecified atom stereocenters. The van der Waals surface area contributed by atoms with Gasteiger partial charge in [-0.15, -0.1) is 0 Å². The lowest BCUT2D eigenvalue weighted by molar-refractivity contribution is -0.142. The number of anilines is 1. The Morgan fingerprint density at radius 3 is 2.68 bits per heavy atom. The number of esters is 1. The molecule has 1 heterocycles. The first-order valence-corrected chi connectivity index (χ1v) is 8.79. The van der Waals surface area contributed by atoms with Crippen LogP contribution in [0.25, 0.3) is 0 Å². The zero-order valence-electron chi connectivity index (χ0n) is 14.3. The van der Waals surface area contributed by atoms with Gasteiger partial charge in [-0.1, -0.05) is 12.1 Å². The van der Waals surface area contributed by atoms with Crippen molar-refractivity contribution < 1.29 is 14.3 Å². The normalized spacial score (nSPS) is 10.4. The van der Waals surface area contributed by atoms with Gasteiger partial charge in [0.2, 0.25) is 0 Å². The van der Waals surface area contributed by atoms with Gasteiger partial charge >= 0.3 is 5.97 Å². The van der Waals surface area contributed by atoms with Crippen LogP contribution in [0.1, 0.15) is 18.1 Å². The molecule has 0 aliphatic carbocycles. The number of carbonyl (C=O) groups excluding carboxylic acids is 1. The standard InChI is InChI=1S/C18H22BrN3O3/c1-3-25-17(23)12-20-10-14-8-15(19)11-22-18(14)21-9-13-4-6-16(24-2)7-5-13/h4-8,11,20H,3,9-10,12H2,1-2H3,(H,21,22). The van der Waals surface area contributed by atoms with E-state index in [0.29, 0.717) is 19.7 Å². The van der Waals surface area contributed by atoms with Crippen LogP contribution in [0.4, 0.5) is 5.82 Å². The van der Waals surface area contributed by atoms with Crippen LogP contribution in [-0.4, -0.2) is 31.2 Å². The lowest BCUT2D eigenvalue weighted by Gasteiger charge is -2.12. The van der Waals surface area contributed by atoms with Crippen LogP contribution in [-0.2, 0) is 22.6 Å².